The Hall–Kier alpha value is -1.57. The highest BCUT2D eigenvalue weighted by molar-refractivity contribution is 5.79. The first-order chi connectivity index (χ1) is 9.47. The summed E-state index contributed by atoms with van der Waals surface area (Å²) in [5.41, 5.74) is 4.16. The van der Waals surface area contributed by atoms with Crippen LogP contribution in [0.15, 0.2) is 30.3 Å². The maximum absolute atomic E-state index is 4.82. The third-order valence-electron chi connectivity index (χ3n) is 4.71. The molecule has 0 aliphatic heterocycles. The van der Waals surface area contributed by atoms with Gasteiger partial charge in [0.05, 0.1) is 11.0 Å². The Bertz CT molecular complexity index is 656. The van der Waals surface area contributed by atoms with E-state index in [0.717, 1.165) is 23.7 Å². The van der Waals surface area contributed by atoms with E-state index in [0.29, 0.717) is 5.41 Å². The van der Waals surface area contributed by atoms with Gasteiger partial charge in [-0.15, -0.1) is 0 Å². The van der Waals surface area contributed by atoms with Crippen LogP contribution < -0.4 is 0 Å². The van der Waals surface area contributed by atoms with E-state index in [2.05, 4.69) is 62.7 Å². The van der Waals surface area contributed by atoms with Gasteiger partial charge >= 0.3 is 0 Å². The van der Waals surface area contributed by atoms with Gasteiger partial charge in [0.1, 0.15) is 5.82 Å². The first-order valence-electron chi connectivity index (χ1n) is 7.57. The summed E-state index contributed by atoms with van der Waals surface area (Å²) in [4.78, 5) is 4.82. The van der Waals surface area contributed by atoms with Crippen molar-refractivity contribution >= 4 is 16.6 Å². The molecule has 0 saturated heterocycles. The highest BCUT2D eigenvalue weighted by Crippen LogP contribution is 2.39. The average molecular weight is 268 g/mol. The molecule has 0 spiro atoms. The van der Waals surface area contributed by atoms with Crippen LogP contribution in [0.5, 0.6) is 0 Å². The highest BCUT2D eigenvalue weighted by atomic mass is 15.1. The molecule has 1 aliphatic rings. The molecule has 1 unspecified atom stereocenters. The summed E-state index contributed by atoms with van der Waals surface area (Å²) < 4.78 is 2.23. The van der Waals surface area contributed by atoms with E-state index < -0.39 is 0 Å². The van der Waals surface area contributed by atoms with E-state index in [9.17, 15) is 0 Å². The molecular weight excluding hydrogens is 244 g/mol. The molecule has 0 amide bonds. The van der Waals surface area contributed by atoms with Gasteiger partial charge in [0, 0.05) is 7.05 Å². The fraction of sp³-hybridized carbons (Fsp3) is 0.500. The SMILES string of the molecule is Cn1c(C2=CCC(C(C)(C)C)CC2)nc2ccccc21. The molecule has 2 nitrogen and oxygen atoms in total. The zero-order valence-corrected chi connectivity index (χ0v) is 13.0. The molecule has 2 aromatic rings. The summed E-state index contributed by atoms with van der Waals surface area (Å²) in [6.45, 7) is 7.06. The van der Waals surface area contributed by atoms with Crippen molar-refractivity contribution in [3.63, 3.8) is 0 Å². The normalized spacial score (nSPS) is 20.2. The van der Waals surface area contributed by atoms with E-state index in [4.69, 9.17) is 4.98 Å². The Kier molecular flexibility index (Phi) is 3.19. The van der Waals surface area contributed by atoms with Gasteiger partial charge in [0.15, 0.2) is 0 Å². The predicted molar refractivity (Wildman–Crippen MR) is 85.5 cm³/mol. The minimum absolute atomic E-state index is 0.411. The quantitative estimate of drug-likeness (QED) is 0.726. The van der Waals surface area contributed by atoms with Crippen LogP contribution in [-0.4, -0.2) is 9.55 Å². The van der Waals surface area contributed by atoms with E-state index in [-0.39, 0.29) is 0 Å². The van der Waals surface area contributed by atoms with Gasteiger partial charge in [-0.05, 0) is 48.3 Å². The molecule has 1 aliphatic carbocycles. The number of fused-ring (bicyclic) bond motifs is 1. The molecule has 1 heterocycles. The topological polar surface area (TPSA) is 17.8 Å². The Morgan fingerprint density at radius 2 is 1.95 bits per heavy atom. The average Bonchev–Trinajstić information content (AvgIpc) is 2.76. The minimum atomic E-state index is 0.411. The van der Waals surface area contributed by atoms with Gasteiger partial charge in [-0.2, -0.15) is 0 Å². The van der Waals surface area contributed by atoms with Crippen LogP contribution in [0.1, 0.15) is 45.9 Å². The Balaban J connectivity index is 1.93. The van der Waals surface area contributed by atoms with Crippen LogP contribution in [0.3, 0.4) is 0 Å². The zero-order chi connectivity index (χ0) is 14.3. The van der Waals surface area contributed by atoms with E-state index in [1.54, 1.807) is 0 Å². The van der Waals surface area contributed by atoms with Gasteiger partial charge in [0.2, 0.25) is 0 Å². The van der Waals surface area contributed by atoms with E-state index in [1.165, 1.54) is 23.9 Å². The number of allylic oxidation sites excluding steroid dienone is 2. The largest absolute Gasteiger partial charge is 0.327 e. The number of imidazole rings is 1. The summed E-state index contributed by atoms with van der Waals surface area (Å²) in [5, 5.41) is 0. The van der Waals surface area contributed by atoms with Crippen molar-refractivity contribution in [1.82, 2.24) is 9.55 Å². The monoisotopic (exact) mass is 268 g/mol. The summed E-state index contributed by atoms with van der Waals surface area (Å²) in [7, 11) is 2.13. The maximum Gasteiger partial charge on any atom is 0.136 e. The lowest BCUT2D eigenvalue weighted by Gasteiger charge is -2.33. The molecule has 1 aromatic heterocycles. The highest BCUT2D eigenvalue weighted by Gasteiger charge is 2.27. The van der Waals surface area contributed by atoms with Gasteiger partial charge in [-0.3, -0.25) is 0 Å². The first-order valence-corrected chi connectivity index (χ1v) is 7.57. The lowest BCUT2D eigenvalue weighted by molar-refractivity contribution is 0.225. The van der Waals surface area contributed by atoms with Crippen LogP contribution in [0.4, 0.5) is 0 Å². The number of para-hydroxylation sites is 2. The molecule has 20 heavy (non-hydrogen) atoms. The number of nitrogens with zero attached hydrogens (tertiary/aromatic N) is 2. The lowest BCUT2D eigenvalue weighted by atomic mass is 9.73. The number of benzene rings is 1. The lowest BCUT2D eigenvalue weighted by Crippen LogP contribution is -2.22. The summed E-state index contributed by atoms with van der Waals surface area (Å²) in [5.74, 6) is 1.94. The maximum atomic E-state index is 4.82. The van der Waals surface area contributed by atoms with Crippen LogP contribution in [-0.2, 0) is 7.05 Å². The second kappa shape index (κ2) is 4.76. The van der Waals surface area contributed by atoms with E-state index in [1.807, 2.05) is 0 Å². The Labute approximate surface area is 121 Å². The third kappa shape index (κ3) is 2.28. The molecule has 3 rings (SSSR count). The number of hydrogen-bond acceptors (Lipinski definition) is 1. The number of aryl methyl sites for hydroxylation is 1. The van der Waals surface area contributed by atoms with Crippen LogP contribution in [0, 0.1) is 11.3 Å². The van der Waals surface area contributed by atoms with Gasteiger partial charge in [0.25, 0.3) is 0 Å². The molecule has 106 valence electrons. The molecule has 1 atom stereocenters. The summed E-state index contributed by atoms with van der Waals surface area (Å²) in [6.07, 6.45) is 6.03. The Morgan fingerprint density at radius 1 is 1.20 bits per heavy atom. The fourth-order valence-electron chi connectivity index (χ4n) is 3.26. The van der Waals surface area contributed by atoms with E-state index >= 15 is 0 Å². The van der Waals surface area contributed by atoms with Crippen molar-refractivity contribution in [3.8, 4) is 0 Å². The van der Waals surface area contributed by atoms with Crippen molar-refractivity contribution < 1.29 is 0 Å². The van der Waals surface area contributed by atoms with Gasteiger partial charge in [-0.25, -0.2) is 4.98 Å². The molecular formula is C18H24N2. The van der Waals surface area contributed by atoms with Crippen LogP contribution in [0.2, 0.25) is 0 Å². The third-order valence-corrected chi connectivity index (χ3v) is 4.71. The smallest absolute Gasteiger partial charge is 0.136 e. The standard InChI is InChI=1S/C18H24N2/c1-18(2,3)14-11-9-13(10-12-14)17-19-15-7-5-6-8-16(15)20(17)4/h5-9,14H,10-12H2,1-4H3. The molecule has 1 aromatic carbocycles. The van der Waals surface area contributed by atoms with Crippen molar-refractivity contribution in [2.24, 2.45) is 18.4 Å². The summed E-state index contributed by atoms with van der Waals surface area (Å²) in [6, 6.07) is 8.38. The molecule has 0 saturated carbocycles. The van der Waals surface area contributed by atoms with Crippen molar-refractivity contribution in [2.45, 2.75) is 40.0 Å². The number of aromatic nitrogens is 2. The Morgan fingerprint density at radius 3 is 2.55 bits per heavy atom. The molecule has 0 bridgehead atoms. The molecule has 2 heteroatoms. The molecule has 0 fully saturated rings. The van der Waals surface area contributed by atoms with Crippen molar-refractivity contribution in [1.29, 1.82) is 0 Å². The second-order valence-corrected chi connectivity index (χ2v) is 7.05. The first kappa shape index (κ1) is 13.4. The molecule has 0 radical (unpaired) electrons. The number of hydrogen-bond donors (Lipinski definition) is 0. The van der Waals surface area contributed by atoms with Gasteiger partial charge < -0.3 is 4.57 Å². The zero-order valence-electron chi connectivity index (χ0n) is 13.0. The molecule has 0 N–H and O–H groups in total. The second-order valence-electron chi connectivity index (χ2n) is 7.05. The minimum Gasteiger partial charge on any atom is -0.327 e. The van der Waals surface area contributed by atoms with Crippen molar-refractivity contribution in [2.75, 3.05) is 0 Å². The van der Waals surface area contributed by atoms with Crippen molar-refractivity contribution in [3.05, 3.63) is 36.2 Å². The fourth-order valence-corrected chi connectivity index (χ4v) is 3.26. The van der Waals surface area contributed by atoms with Gasteiger partial charge in [-0.1, -0.05) is 39.0 Å². The summed E-state index contributed by atoms with van der Waals surface area (Å²) >= 11 is 0. The predicted octanol–water partition coefficient (Wildman–Crippen LogP) is 4.80. The number of rotatable bonds is 1. The van der Waals surface area contributed by atoms with Crippen LogP contribution >= 0.6 is 0 Å². The van der Waals surface area contributed by atoms with Crippen LogP contribution in [0.25, 0.3) is 16.6 Å².